The molecule has 1 amide bonds. The van der Waals surface area contributed by atoms with Gasteiger partial charge in [0.05, 0.1) is 12.2 Å². The van der Waals surface area contributed by atoms with E-state index in [-0.39, 0.29) is 30.7 Å². The number of nitrogens with one attached hydrogen (secondary N) is 1. The maximum absolute atomic E-state index is 12.0. The Morgan fingerprint density at radius 3 is 2.65 bits per heavy atom. The third kappa shape index (κ3) is 5.46. The third-order valence-electron chi connectivity index (χ3n) is 3.37. The molecule has 0 saturated carbocycles. The molecule has 0 radical (unpaired) electrons. The number of hydrogen-bond donors (Lipinski definition) is 2. The van der Waals surface area contributed by atoms with Crippen LogP contribution in [0.4, 0.5) is 0 Å². The van der Waals surface area contributed by atoms with Crippen molar-refractivity contribution in [2.75, 3.05) is 25.9 Å². The molecule has 1 aliphatic heterocycles. The van der Waals surface area contributed by atoms with Crippen molar-refractivity contribution in [2.24, 2.45) is 11.8 Å². The number of piperidine rings is 1. The second kappa shape index (κ2) is 7.03. The summed E-state index contributed by atoms with van der Waals surface area (Å²) in [6.07, 6.45) is 2.46. The molecule has 2 atom stereocenters. The van der Waals surface area contributed by atoms with Crippen molar-refractivity contribution in [3.05, 3.63) is 0 Å². The number of carboxylic acid groups (broad SMARTS) is 1. The average molecular weight is 306 g/mol. The summed E-state index contributed by atoms with van der Waals surface area (Å²) in [7, 11) is -3.26. The molecule has 2 N–H and O–H groups in total. The predicted molar refractivity (Wildman–Crippen MR) is 73.6 cm³/mol. The van der Waals surface area contributed by atoms with Crippen molar-refractivity contribution in [3.63, 3.8) is 0 Å². The van der Waals surface area contributed by atoms with E-state index in [1.165, 1.54) is 4.31 Å². The molecule has 1 rings (SSSR count). The van der Waals surface area contributed by atoms with Gasteiger partial charge in [-0.25, -0.2) is 12.7 Å². The Hall–Kier alpha value is -1.15. The van der Waals surface area contributed by atoms with E-state index in [9.17, 15) is 18.0 Å². The van der Waals surface area contributed by atoms with Crippen molar-refractivity contribution in [3.8, 4) is 0 Å². The van der Waals surface area contributed by atoms with Crippen LogP contribution in [0.1, 0.15) is 26.2 Å². The van der Waals surface area contributed by atoms with Crippen LogP contribution in [0, 0.1) is 11.8 Å². The first kappa shape index (κ1) is 16.9. The summed E-state index contributed by atoms with van der Waals surface area (Å²) in [6.45, 7) is 2.70. The zero-order chi connectivity index (χ0) is 15.3. The minimum atomic E-state index is -3.26. The van der Waals surface area contributed by atoms with E-state index in [4.69, 9.17) is 5.11 Å². The first-order chi connectivity index (χ1) is 9.20. The summed E-state index contributed by atoms with van der Waals surface area (Å²) in [6, 6.07) is 0. The van der Waals surface area contributed by atoms with Crippen LogP contribution < -0.4 is 5.32 Å². The second-order valence-electron chi connectivity index (χ2n) is 5.41. The lowest BCUT2D eigenvalue weighted by Gasteiger charge is -2.30. The van der Waals surface area contributed by atoms with Crippen molar-refractivity contribution in [2.45, 2.75) is 26.2 Å². The van der Waals surface area contributed by atoms with Crippen LogP contribution >= 0.6 is 0 Å². The topological polar surface area (TPSA) is 104 Å². The highest BCUT2D eigenvalue weighted by Crippen LogP contribution is 2.18. The number of amides is 1. The molecule has 0 bridgehead atoms. The van der Waals surface area contributed by atoms with Crippen LogP contribution in [0.3, 0.4) is 0 Å². The molecular weight excluding hydrogens is 284 g/mol. The van der Waals surface area contributed by atoms with Crippen LogP contribution in [0.5, 0.6) is 0 Å². The molecule has 0 aromatic carbocycles. The zero-order valence-electron chi connectivity index (χ0n) is 11.8. The van der Waals surface area contributed by atoms with E-state index in [0.717, 1.165) is 6.26 Å². The summed E-state index contributed by atoms with van der Waals surface area (Å²) in [5.41, 5.74) is 0. The highest BCUT2D eigenvalue weighted by atomic mass is 32.2. The van der Waals surface area contributed by atoms with Gasteiger partial charge in [0, 0.05) is 26.1 Å². The molecule has 7 nitrogen and oxygen atoms in total. The summed E-state index contributed by atoms with van der Waals surface area (Å²) in [4.78, 5) is 22.5. The lowest BCUT2D eigenvalue weighted by molar-refractivity contribution is -0.138. The van der Waals surface area contributed by atoms with Gasteiger partial charge < -0.3 is 10.4 Å². The van der Waals surface area contributed by atoms with E-state index < -0.39 is 16.0 Å². The van der Waals surface area contributed by atoms with E-state index in [0.29, 0.717) is 25.9 Å². The number of carbonyl (C=O) groups excluding carboxylic acids is 1. The van der Waals surface area contributed by atoms with E-state index in [1.807, 2.05) is 0 Å². The molecule has 0 unspecified atom stereocenters. The lowest BCUT2D eigenvalue weighted by atomic mass is 9.98. The Bertz CT molecular complexity index is 462. The normalized spacial score (nSPS) is 22.2. The van der Waals surface area contributed by atoms with Gasteiger partial charge in [-0.15, -0.1) is 0 Å². The summed E-state index contributed by atoms with van der Waals surface area (Å²) in [5.74, 6) is -1.59. The van der Waals surface area contributed by atoms with Crippen molar-refractivity contribution in [1.82, 2.24) is 9.62 Å². The highest BCUT2D eigenvalue weighted by Gasteiger charge is 2.30. The highest BCUT2D eigenvalue weighted by molar-refractivity contribution is 7.88. The SMILES string of the molecule is C[C@H](CNC(=O)[C@H]1CCCN(S(C)(=O)=O)C1)CC(=O)O. The Morgan fingerprint density at radius 2 is 2.10 bits per heavy atom. The molecule has 0 aromatic heterocycles. The van der Waals surface area contributed by atoms with E-state index in [2.05, 4.69) is 5.32 Å². The molecule has 0 aliphatic carbocycles. The molecule has 1 fully saturated rings. The molecule has 0 spiro atoms. The maximum atomic E-state index is 12.0. The number of aliphatic carboxylic acids is 1. The van der Waals surface area contributed by atoms with Gasteiger partial charge in [-0.05, 0) is 18.8 Å². The first-order valence-electron chi connectivity index (χ1n) is 6.64. The van der Waals surface area contributed by atoms with Gasteiger partial charge >= 0.3 is 5.97 Å². The van der Waals surface area contributed by atoms with Gasteiger partial charge in [0.1, 0.15) is 0 Å². The van der Waals surface area contributed by atoms with Gasteiger partial charge in [0.15, 0.2) is 0 Å². The molecule has 1 heterocycles. The van der Waals surface area contributed by atoms with Gasteiger partial charge in [-0.2, -0.15) is 0 Å². The molecule has 8 heteroatoms. The minimum Gasteiger partial charge on any atom is -0.481 e. The number of nitrogens with zero attached hydrogens (tertiary/aromatic N) is 1. The van der Waals surface area contributed by atoms with Crippen molar-refractivity contribution in [1.29, 1.82) is 0 Å². The molecule has 1 aliphatic rings. The monoisotopic (exact) mass is 306 g/mol. The predicted octanol–water partition coefficient (Wildman–Crippen LogP) is -0.115. The van der Waals surface area contributed by atoms with Crippen molar-refractivity contribution < 1.29 is 23.1 Å². The lowest BCUT2D eigenvalue weighted by Crippen LogP contribution is -2.45. The average Bonchev–Trinajstić information content (AvgIpc) is 2.34. The van der Waals surface area contributed by atoms with E-state index in [1.54, 1.807) is 6.92 Å². The van der Waals surface area contributed by atoms with Gasteiger partial charge in [-0.3, -0.25) is 9.59 Å². The van der Waals surface area contributed by atoms with Gasteiger partial charge in [0.25, 0.3) is 0 Å². The number of sulfonamides is 1. The minimum absolute atomic E-state index is 0.000408. The number of rotatable bonds is 6. The number of carboxylic acids is 1. The Labute approximate surface area is 119 Å². The first-order valence-corrected chi connectivity index (χ1v) is 8.49. The second-order valence-corrected chi connectivity index (χ2v) is 7.39. The maximum Gasteiger partial charge on any atom is 0.303 e. The number of carbonyl (C=O) groups is 2. The Kier molecular flexibility index (Phi) is 5.94. The Balaban J connectivity index is 2.45. The van der Waals surface area contributed by atoms with Gasteiger partial charge in [0.2, 0.25) is 15.9 Å². The fraction of sp³-hybridized carbons (Fsp3) is 0.833. The van der Waals surface area contributed by atoms with Crippen LogP contribution in [0.15, 0.2) is 0 Å². The van der Waals surface area contributed by atoms with Gasteiger partial charge in [-0.1, -0.05) is 6.92 Å². The molecule has 0 aromatic rings. The van der Waals surface area contributed by atoms with Crippen LogP contribution in [0.2, 0.25) is 0 Å². The quantitative estimate of drug-likeness (QED) is 0.712. The largest absolute Gasteiger partial charge is 0.481 e. The summed E-state index contributed by atoms with van der Waals surface area (Å²) in [5, 5.41) is 11.3. The fourth-order valence-electron chi connectivity index (χ4n) is 2.25. The van der Waals surface area contributed by atoms with Crippen molar-refractivity contribution >= 4 is 21.9 Å². The fourth-order valence-corrected chi connectivity index (χ4v) is 3.16. The number of hydrogen-bond acceptors (Lipinski definition) is 4. The third-order valence-corrected chi connectivity index (χ3v) is 4.64. The van der Waals surface area contributed by atoms with E-state index >= 15 is 0 Å². The smallest absolute Gasteiger partial charge is 0.303 e. The molecule has 116 valence electrons. The molecular formula is C12H22N2O5S. The Morgan fingerprint density at radius 1 is 1.45 bits per heavy atom. The summed E-state index contributed by atoms with van der Waals surface area (Å²) >= 11 is 0. The van der Waals surface area contributed by atoms with Crippen LogP contribution in [-0.4, -0.2) is 55.6 Å². The standard InChI is InChI=1S/C12H22N2O5S/c1-9(6-11(15)16)7-13-12(17)10-4-3-5-14(8-10)20(2,18)19/h9-10H,3-8H2,1-2H3,(H,13,17)(H,15,16)/t9-,10-/m0/s1. The van der Waals surface area contributed by atoms with Crippen LogP contribution in [-0.2, 0) is 19.6 Å². The molecule has 20 heavy (non-hydrogen) atoms. The molecule has 1 saturated heterocycles. The van der Waals surface area contributed by atoms with Crippen LogP contribution in [0.25, 0.3) is 0 Å². The zero-order valence-corrected chi connectivity index (χ0v) is 12.6. The summed E-state index contributed by atoms with van der Waals surface area (Å²) < 4.78 is 24.3.